The maximum Gasteiger partial charge on any atom is 0.170 e. The standard InChI is InChI=1S/C13H17N3O/c1-4-15(10(2)3)13-11(9-17)16-8-6-5-7-12(16)14-13/h5-10H,4H2,1-3H3. The first-order valence-corrected chi connectivity index (χ1v) is 5.88. The molecule has 2 aromatic heterocycles. The third-order valence-electron chi connectivity index (χ3n) is 2.90. The van der Waals surface area contributed by atoms with E-state index in [-0.39, 0.29) is 0 Å². The first-order valence-electron chi connectivity index (χ1n) is 5.88. The van der Waals surface area contributed by atoms with E-state index in [4.69, 9.17) is 0 Å². The van der Waals surface area contributed by atoms with Crippen LogP contribution >= 0.6 is 0 Å². The fourth-order valence-corrected chi connectivity index (χ4v) is 2.08. The quantitative estimate of drug-likeness (QED) is 0.758. The van der Waals surface area contributed by atoms with Gasteiger partial charge in [0.05, 0.1) is 0 Å². The molecule has 4 nitrogen and oxygen atoms in total. The molecule has 0 bridgehead atoms. The van der Waals surface area contributed by atoms with Gasteiger partial charge in [-0.15, -0.1) is 0 Å². The summed E-state index contributed by atoms with van der Waals surface area (Å²) in [6.07, 6.45) is 2.74. The Morgan fingerprint density at radius 2 is 2.24 bits per heavy atom. The molecule has 0 unspecified atom stereocenters. The lowest BCUT2D eigenvalue weighted by Crippen LogP contribution is -2.31. The van der Waals surface area contributed by atoms with Crippen LogP contribution in [0.5, 0.6) is 0 Å². The van der Waals surface area contributed by atoms with E-state index in [0.29, 0.717) is 11.7 Å². The Kier molecular flexibility index (Phi) is 3.13. The lowest BCUT2D eigenvalue weighted by molar-refractivity contribution is 0.111. The molecule has 0 amide bonds. The molecule has 0 atom stereocenters. The Balaban J connectivity index is 2.64. The topological polar surface area (TPSA) is 37.6 Å². The van der Waals surface area contributed by atoms with Crippen LogP contribution in [0.2, 0.25) is 0 Å². The van der Waals surface area contributed by atoms with Gasteiger partial charge in [0, 0.05) is 18.8 Å². The van der Waals surface area contributed by atoms with Crippen LogP contribution in [-0.4, -0.2) is 28.3 Å². The average Bonchev–Trinajstić information content (AvgIpc) is 2.67. The van der Waals surface area contributed by atoms with Gasteiger partial charge in [0.2, 0.25) is 0 Å². The second-order valence-corrected chi connectivity index (χ2v) is 4.25. The van der Waals surface area contributed by atoms with Crippen molar-refractivity contribution < 1.29 is 4.79 Å². The van der Waals surface area contributed by atoms with Gasteiger partial charge >= 0.3 is 0 Å². The summed E-state index contributed by atoms with van der Waals surface area (Å²) in [5.41, 5.74) is 1.43. The van der Waals surface area contributed by atoms with Crippen molar-refractivity contribution >= 4 is 17.8 Å². The highest BCUT2D eigenvalue weighted by Gasteiger charge is 2.18. The highest BCUT2D eigenvalue weighted by atomic mass is 16.1. The molecule has 90 valence electrons. The number of carbonyl (C=O) groups is 1. The Morgan fingerprint density at radius 1 is 1.47 bits per heavy atom. The van der Waals surface area contributed by atoms with Gasteiger partial charge in [0.25, 0.3) is 0 Å². The number of fused-ring (bicyclic) bond motifs is 1. The highest BCUT2D eigenvalue weighted by Crippen LogP contribution is 2.21. The third-order valence-corrected chi connectivity index (χ3v) is 2.90. The minimum Gasteiger partial charge on any atom is -0.353 e. The predicted octanol–water partition coefficient (Wildman–Crippen LogP) is 2.38. The summed E-state index contributed by atoms with van der Waals surface area (Å²) < 4.78 is 1.83. The highest BCUT2D eigenvalue weighted by molar-refractivity contribution is 5.83. The lowest BCUT2D eigenvalue weighted by atomic mass is 10.3. The number of imidazole rings is 1. The van der Waals surface area contributed by atoms with Crippen molar-refractivity contribution in [3.8, 4) is 0 Å². The number of hydrogen-bond acceptors (Lipinski definition) is 3. The molecule has 17 heavy (non-hydrogen) atoms. The van der Waals surface area contributed by atoms with Crippen LogP contribution in [0.1, 0.15) is 31.3 Å². The zero-order valence-electron chi connectivity index (χ0n) is 10.4. The van der Waals surface area contributed by atoms with Crippen molar-refractivity contribution in [1.82, 2.24) is 9.38 Å². The van der Waals surface area contributed by atoms with Crippen molar-refractivity contribution in [3.05, 3.63) is 30.1 Å². The zero-order chi connectivity index (χ0) is 12.4. The molecular weight excluding hydrogens is 214 g/mol. The lowest BCUT2D eigenvalue weighted by Gasteiger charge is -2.25. The van der Waals surface area contributed by atoms with Gasteiger partial charge in [-0.25, -0.2) is 4.98 Å². The molecule has 2 aromatic rings. The zero-order valence-corrected chi connectivity index (χ0v) is 10.4. The normalized spacial score (nSPS) is 11.1. The van der Waals surface area contributed by atoms with E-state index < -0.39 is 0 Å². The van der Waals surface area contributed by atoms with E-state index in [1.807, 2.05) is 28.8 Å². The van der Waals surface area contributed by atoms with Gasteiger partial charge in [-0.05, 0) is 32.9 Å². The van der Waals surface area contributed by atoms with Gasteiger partial charge in [0.15, 0.2) is 12.1 Å². The molecule has 0 N–H and O–H groups in total. The average molecular weight is 231 g/mol. The second kappa shape index (κ2) is 4.57. The van der Waals surface area contributed by atoms with Gasteiger partial charge in [0.1, 0.15) is 11.3 Å². The monoisotopic (exact) mass is 231 g/mol. The number of aldehydes is 1. The van der Waals surface area contributed by atoms with Crippen LogP contribution in [0.3, 0.4) is 0 Å². The first kappa shape index (κ1) is 11.6. The number of hydrogen-bond donors (Lipinski definition) is 0. The number of aromatic nitrogens is 2. The molecule has 0 aromatic carbocycles. The van der Waals surface area contributed by atoms with Crippen molar-refractivity contribution in [3.63, 3.8) is 0 Å². The van der Waals surface area contributed by atoms with Crippen molar-refractivity contribution in [1.29, 1.82) is 0 Å². The summed E-state index contributed by atoms with van der Waals surface area (Å²) in [5, 5.41) is 0. The van der Waals surface area contributed by atoms with Gasteiger partial charge in [-0.1, -0.05) is 6.07 Å². The van der Waals surface area contributed by atoms with Crippen molar-refractivity contribution in [2.45, 2.75) is 26.8 Å². The molecule has 4 heteroatoms. The first-order chi connectivity index (χ1) is 8.19. The van der Waals surface area contributed by atoms with Gasteiger partial charge < -0.3 is 4.90 Å². The summed E-state index contributed by atoms with van der Waals surface area (Å²) in [4.78, 5) is 17.9. The van der Waals surface area contributed by atoms with E-state index in [2.05, 4.69) is 30.7 Å². The molecule has 0 aliphatic rings. The summed E-state index contributed by atoms with van der Waals surface area (Å²) in [5.74, 6) is 0.767. The number of pyridine rings is 1. The molecule has 0 aliphatic carbocycles. The maximum atomic E-state index is 11.3. The van der Waals surface area contributed by atoms with E-state index in [9.17, 15) is 4.79 Å². The second-order valence-electron chi connectivity index (χ2n) is 4.25. The predicted molar refractivity (Wildman–Crippen MR) is 68.7 cm³/mol. The largest absolute Gasteiger partial charge is 0.353 e. The van der Waals surface area contributed by atoms with Gasteiger partial charge in [-0.2, -0.15) is 0 Å². The van der Waals surface area contributed by atoms with Crippen molar-refractivity contribution in [2.24, 2.45) is 0 Å². The smallest absolute Gasteiger partial charge is 0.170 e. The van der Waals surface area contributed by atoms with Crippen LogP contribution in [-0.2, 0) is 0 Å². The molecule has 0 radical (unpaired) electrons. The van der Waals surface area contributed by atoms with E-state index in [1.165, 1.54) is 0 Å². The fraction of sp³-hybridized carbons (Fsp3) is 0.385. The molecule has 0 aliphatic heterocycles. The third kappa shape index (κ3) is 1.90. The van der Waals surface area contributed by atoms with Crippen LogP contribution in [0.15, 0.2) is 24.4 Å². The van der Waals surface area contributed by atoms with E-state index in [1.54, 1.807) is 0 Å². The summed E-state index contributed by atoms with van der Waals surface area (Å²) in [6, 6.07) is 6.05. The maximum absolute atomic E-state index is 11.3. The van der Waals surface area contributed by atoms with Crippen LogP contribution in [0, 0.1) is 0 Å². The molecule has 0 spiro atoms. The fourth-order valence-electron chi connectivity index (χ4n) is 2.08. The summed E-state index contributed by atoms with van der Waals surface area (Å²) >= 11 is 0. The molecule has 0 saturated heterocycles. The van der Waals surface area contributed by atoms with E-state index >= 15 is 0 Å². The molecule has 0 saturated carbocycles. The Hall–Kier alpha value is -1.84. The van der Waals surface area contributed by atoms with Crippen LogP contribution in [0.25, 0.3) is 5.65 Å². The van der Waals surface area contributed by atoms with Gasteiger partial charge in [-0.3, -0.25) is 9.20 Å². The SMILES string of the molecule is CCN(c1nc2ccccn2c1C=O)C(C)C. The molecule has 2 rings (SSSR count). The number of nitrogens with zero attached hydrogens (tertiary/aromatic N) is 3. The molecule has 2 heterocycles. The Morgan fingerprint density at radius 3 is 2.82 bits per heavy atom. The van der Waals surface area contributed by atoms with Crippen LogP contribution < -0.4 is 4.90 Å². The van der Waals surface area contributed by atoms with Crippen LogP contribution in [0.4, 0.5) is 5.82 Å². The molecule has 0 fully saturated rings. The minimum atomic E-state index is 0.323. The summed E-state index contributed by atoms with van der Waals surface area (Å²) in [6.45, 7) is 7.10. The Bertz CT molecular complexity index is 530. The van der Waals surface area contributed by atoms with Crippen molar-refractivity contribution in [2.75, 3.05) is 11.4 Å². The minimum absolute atomic E-state index is 0.323. The summed E-state index contributed by atoms with van der Waals surface area (Å²) in [7, 11) is 0. The number of rotatable bonds is 4. The number of anilines is 1. The van der Waals surface area contributed by atoms with E-state index in [0.717, 1.165) is 24.3 Å². The molecular formula is C13H17N3O. The Labute approximate surface area is 101 Å². The number of carbonyl (C=O) groups excluding carboxylic acids is 1.